The third-order valence-corrected chi connectivity index (χ3v) is 3.64. The van der Waals surface area contributed by atoms with E-state index in [2.05, 4.69) is 34.4 Å². The summed E-state index contributed by atoms with van der Waals surface area (Å²) in [5.41, 5.74) is 1.10. The van der Waals surface area contributed by atoms with Crippen molar-refractivity contribution in [2.75, 3.05) is 6.26 Å². The number of benzene rings is 1. The third-order valence-electron chi connectivity index (χ3n) is 2.13. The Morgan fingerprint density at radius 1 is 1.12 bits per heavy atom. The molecule has 0 unspecified atom stereocenters. The molecule has 1 heterocycles. The van der Waals surface area contributed by atoms with Crippen molar-refractivity contribution in [3.05, 3.63) is 47.9 Å². The second-order valence-electron chi connectivity index (χ2n) is 3.59. The van der Waals surface area contributed by atoms with E-state index >= 15 is 0 Å². The van der Waals surface area contributed by atoms with Crippen molar-refractivity contribution in [3.8, 4) is 0 Å². The summed E-state index contributed by atoms with van der Waals surface area (Å²) in [7, 11) is 0. The van der Waals surface area contributed by atoms with Crippen molar-refractivity contribution < 1.29 is 0 Å². The number of hydrogen-bond acceptors (Lipinski definition) is 4. The maximum absolute atomic E-state index is 4.45. The summed E-state index contributed by atoms with van der Waals surface area (Å²) in [6, 6.07) is 12.4. The summed E-state index contributed by atoms with van der Waals surface area (Å²) < 4.78 is 0. The van der Waals surface area contributed by atoms with Crippen LogP contribution in [-0.4, -0.2) is 16.2 Å². The zero-order chi connectivity index (χ0) is 12.1. The highest BCUT2D eigenvalue weighted by molar-refractivity contribution is 7.99. The van der Waals surface area contributed by atoms with Crippen molar-refractivity contribution in [2.24, 2.45) is 0 Å². The average molecular weight is 262 g/mol. The molecule has 88 valence electrons. The molecule has 1 aromatic heterocycles. The molecule has 0 radical (unpaired) electrons. The standard InChI is InChI=1S/C13H14N2S2/c1-10-14-11(9-16-2)8-13(15-10)17-12-6-4-3-5-7-12/h3-8H,9H2,1-2H3. The van der Waals surface area contributed by atoms with Crippen LogP contribution >= 0.6 is 23.5 Å². The Bertz CT molecular complexity index is 486. The van der Waals surface area contributed by atoms with Crippen LogP contribution in [0, 0.1) is 6.92 Å². The van der Waals surface area contributed by atoms with E-state index in [0.29, 0.717) is 0 Å². The number of nitrogens with zero attached hydrogens (tertiary/aromatic N) is 2. The van der Waals surface area contributed by atoms with Crippen LogP contribution < -0.4 is 0 Å². The summed E-state index contributed by atoms with van der Waals surface area (Å²) in [6.45, 7) is 1.94. The molecule has 0 bridgehead atoms. The monoisotopic (exact) mass is 262 g/mol. The molecule has 0 fully saturated rings. The maximum atomic E-state index is 4.45. The van der Waals surface area contributed by atoms with Gasteiger partial charge in [0, 0.05) is 10.6 Å². The molecular weight excluding hydrogens is 248 g/mol. The van der Waals surface area contributed by atoms with E-state index in [1.807, 2.05) is 25.1 Å². The van der Waals surface area contributed by atoms with Gasteiger partial charge in [-0.3, -0.25) is 0 Å². The Labute approximate surface area is 110 Å². The van der Waals surface area contributed by atoms with E-state index in [-0.39, 0.29) is 0 Å². The molecule has 1 aromatic carbocycles. The maximum Gasteiger partial charge on any atom is 0.126 e. The topological polar surface area (TPSA) is 25.8 Å². The lowest BCUT2D eigenvalue weighted by molar-refractivity contribution is 0.931. The van der Waals surface area contributed by atoms with Gasteiger partial charge in [-0.1, -0.05) is 30.0 Å². The Kier molecular flexibility index (Phi) is 4.45. The first-order chi connectivity index (χ1) is 8.28. The van der Waals surface area contributed by atoms with E-state index in [1.54, 1.807) is 23.5 Å². The fraction of sp³-hybridized carbons (Fsp3) is 0.231. The smallest absolute Gasteiger partial charge is 0.126 e. The highest BCUT2D eigenvalue weighted by atomic mass is 32.2. The van der Waals surface area contributed by atoms with E-state index in [0.717, 1.165) is 22.3 Å². The lowest BCUT2D eigenvalue weighted by Gasteiger charge is -2.04. The molecule has 4 heteroatoms. The van der Waals surface area contributed by atoms with Gasteiger partial charge in [0.2, 0.25) is 0 Å². The Balaban J connectivity index is 2.21. The highest BCUT2D eigenvalue weighted by Gasteiger charge is 2.03. The van der Waals surface area contributed by atoms with Gasteiger partial charge in [-0.2, -0.15) is 11.8 Å². The van der Waals surface area contributed by atoms with Crippen LogP contribution in [0.2, 0.25) is 0 Å². The second kappa shape index (κ2) is 6.07. The molecule has 0 N–H and O–H groups in total. The first kappa shape index (κ1) is 12.5. The van der Waals surface area contributed by atoms with Crippen LogP contribution in [0.1, 0.15) is 11.5 Å². The fourth-order valence-corrected chi connectivity index (χ4v) is 2.83. The van der Waals surface area contributed by atoms with Gasteiger partial charge in [-0.05, 0) is 31.4 Å². The fourth-order valence-electron chi connectivity index (χ4n) is 1.48. The van der Waals surface area contributed by atoms with Crippen molar-refractivity contribution in [3.63, 3.8) is 0 Å². The van der Waals surface area contributed by atoms with Gasteiger partial charge in [0.1, 0.15) is 10.9 Å². The van der Waals surface area contributed by atoms with Gasteiger partial charge in [-0.25, -0.2) is 9.97 Å². The summed E-state index contributed by atoms with van der Waals surface area (Å²) in [6.07, 6.45) is 2.08. The van der Waals surface area contributed by atoms with Gasteiger partial charge < -0.3 is 0 Å². The first-order valence-corrected chi connectivity index (χ1v) is 7.55. The van der Waals surface area contributed by atoms with E-state index < -0.39 is 0 Å². The first-order valence-electron chi connectivity index (χ1n) is 5.34. The van der Waals surface area contributed by atoms with Crippen molar-refractivity contribution >= 4 is 23.5 Å². The molecule has 2 nitrogen and oxygen atoms in total. The summed E-state index contributed by atoms with van der Waals surface area (Å²) in [5, 5.41) is 1.02. The minimum Gasteiger partial charge on any atom is -0.237 e. The van der Waals surface area contributed by atoms with Crippen LogP contribution in [-0.2, 0) is 5.75 Å². The SMILES string of the molecule is CSCc1cc(Sc2ccccc2)nc(C)n1. The molecule has 0 saturated heterocycles. The van der Waals surface area contributed by atoms with Crippen molar-refractivity contribution in [1.82, 2.24) is 9.97 Å². The number of thioether (sulfide) groups is 1. The van der Waals surface area contributed by atoms with Gasteiger partial charge in [-0.15, -0.1) is 0 Å². The van der Waals surface area contributed by atoms with Gasteiger partial charge >= 0.3 is 0 Å². The van der Waals surface area contributed by atoms with Gasteiger partial charge in [0.25, 0.3) is 0 Å². The van der Waals surface area contributed by atoms with Crippen LogP contribution in [0.3, 0.4) is 0 Å². The molecule has 0 atom stereocenters. The predicted octanol–water partition coefficient (Wildman–Crippen LogP) is 3.80. The lowest BCUT2D eigenvalue weighted by Crippen LogP contribution is -1.95. The molecule has 0 aliphatic heterocycles. The lowest BCUT2D eigenvalue weighted by atomic mass is 10.4. The van der Waals surface area contributed by atoms with E-state index in [1.165, 1.54) is 4.90 Å². The quantitative estimate of drug-likeness (QED) is 0.783. The molecule has 0 aliphatic carbocycles. The number of aryl methyl sites for hydroxylation is 1. The predicted molar refractivity (Wildman–Crippen MR) is 74.6 cm³/mol. The van der Waals surface area contributed by atoms with E-state index in [4.69, 9.17) is 0 Å². The highest BCUT2D eigenvalue weighted by Crippen LogP contribution is 2.26. The zero-order valence-corrected chi connectivity index (χ0v) is 11.5. The van der Waals surface area contributed by atoms with Crippen LogP contribution in [0.5, 0.6) is 0 Å². The minimum atomic E-state index is 0.843. The zero-order valence-electron chi connectivity index (χ0n) is 9.88. The van der Waals surface area contributed by atoms with Crippen LogP contribution in [0.25, 0.3) is 0 Å². The number of hydrogen-bond donors (Lipinski definition) is 0. The molecule has 0 saturated carbocycles. The molecule has 0 amide bonds. The summed E-state index contributed by atoms with van der Waals surface area (Å²) >= 11 is 3.46. The molecule has 0 aliphatic rings. The number of aromatic nitrogens is 2. The second-order valence-corrected chi connectivity index (χ2v) is 5.55. The summed E-state index contributed by atoms with van der Waals surface area (Å²) in [4.78, 5) is 10.1. The van der Waals surface area contributed by atoms with Crippen molar-refractivity contribution in [2.45, 2.75) is 22.6 Å². The number of rotatable bonds is 4. The molecule has 2 rings (SSSR count). The third kappa shape index (κ3) is 3.75. The van der Waals surface area contributed by atoms with Gasteiger partial charge in [0.05, 0.1) is 5.69 Å². The summed E-state index contributed by atoms with van der Waals surface area (Å²) in [5.74, 6) is 1.78. The Hall–Kier alpha value is -1.00. The van der Waals surface area contributed by atoms with Crippen molar-refractivity contribution in [1.29, 1.82) is 0 Å². The Morgan fingerprint density at radius 2 is 1.88 bits per heavy atom. The molecule has 17 heavy (non-hydrogen) atoms. The van der Waals surface area contributed by atoms with E-state index in [9.17, 15) is 0 Å². The van der Waals surface area contributed by atoms with Crippen LogP contribution in [0.4, 0.5) is 0 Å². The normalized spacial score (nSPS) is 10.5. The van der Waals surface area contributed by atoms with Crippen LogP contribution in [0.15, 0.2) is 46.3 Å². The molecule has 2 aromatic rings. The molecular formula is C13H14N2S2. The average Bonchev–Trinajstić information content (AvgIpc) is 2.30. The largest absolute Gasteiger partial charge is 0.237 e. The molecule has 0 spiro atoms. The Morgan fingerprint density at radius 3 is 2.59 bits per heavy atom. The van der Waals surface area contributed by atoms with Gasteiger partial charge in [0.15, 0.2) is 0 Å². The minimum absolute atomic E-state index is 0.843.